The van der Waals surface area contributed by atoms with Gasteiger partial charge in [-0.2, -0.15) is 0 Å². The Morgan fingerprint density at radius 2 is 2.23 bits per heavy atom. The van der Waals surface area contributed by atoms with Crippen LogP contribution in [-0.4, -0.2) is 22.5 Å². The fourth-order valence-corrected chi connectivity index (χ4v) is 3.52. The maximum atomic E-state index is 11.9. The van der Waals surface area contributed by atoms with E-state index in [1.165, 1.54) is 37.0 Å². The van der Waals surface area contributed by atoms with E-state index in [0.717, 1.165) is 30.1 Å². The molecular weight excluding hydrogens is 296 g/mol. The molecule has 116 valence electrons. The fourth-order valence-electron chi connectivity index (χ4n) is 2.81. The number of hydrogen-bond acceptors (Lipinski definition) is 4. The molecule has 0 spiro atoms. The molecule has 1 fully saturated rings. The second-order valence-electron chi connectivity index (χ2n) is 5.60. The Labute approximate surface area is 134 Å². The number of rotatable bonds is 5. The van der Waals surface area contributed by atoms with Crippen molar-refractivity contribution in [3.05, 3.63) is 29.9 Å². The molecule has 0 unspecified atom stereocenters. The molecule has 6 heteroatoms. The van der Waals surface area contributed by atoms with E-state index in [2.05, 4.69) is 20.6 Å². The number of hydrogen-bond donors (Lipinski definition) is 2. The highest BCUT2D eigenvalue weighted by Crippen LogP contribution is 2.27. The Hall–Kier alpha value is -1.95. The van der Waals surface area contributed by atoms with Crippen molar-refractivity contribution < 1.29 is 4.79 Å². The van der Waals surface area contributed by atoms with Crippen LogP contribution in [0.5, 0.6) is 0 Å². The zero-order valence-electron chi connectivity index (χ0n) is 12.4. The number of carbonyl (C=O) groups excluding carboxylic acids is 1. The third kappa shape index (κ3) is 4.04. The van der Waals surface area contributed by atoms with E-state index in [1.807, 2.05) is 17.5 Å². The Balaban J connectivity index is 1.46. The highest BCUT2D eigenvalue weighted by atomic mass is 32.1. The van der Waals surface area contributed by atoms with Gasteiger partial charge < -0.3 is 5.32 Å². The summed E-state index contributed by atoms with van der Waals surface area (Å²) in [5.74, 6) is 0.789. The second kappa shape index (κ2) is 7.35. The summed E-state index contributed by atoms with van der Waals surface area (Å²) in [7, 11) is 0. The average Bonchev–Trinajstić information content (AvgIpc) is 3.20. The number of amides is 2. The van der Waals surface area contributed by atoms with Crippen LogP contribution in [0.3, 0.4) is 0 Å². The maximum Gasteiger partial charge on any atom is 0.321 e. The number of pyridine rings is 1. The van der Waals surface area contributed by atoms with Crippen LogP contribution in [0.15, 0.2) is 29.9 Å². The molecule has 0 saturated heterocycles. The molecule has 0 atom stereocenters. The van der Waals surface area contributed by atoms with Crippen molar-refractivity contribution in [2.24, 2.45) is 5.92 Å². The van der Waals surface area contributed by atoms with Crippen molar-refractivity contribution in [2.45, 2.75) is 32.1 Å². The molecule has 0 radical (unpaired) electrons. The first-order chi connectivity index (χ1) is 10.8. The monoisotopic (exact) mass is 316 g/mol. The number of carbonyl (C=O) groups is 1. The van der Waals surface area contributed by atoms with Crippen LogP contribution in [0.2, 0.25) is 0 Å². The summed E-state index contributed by atoms with van der Waals surface area (Å²) in [6.45, 7) is 0.733. The third-order valence-electron chi connectivity index (χ3n) is 3.99. The van der Waals surface area contributed by atoms with Gasteiger partial charge >= 0.3 is 6.03 Å². The molecule has 1 aliphatic carbocycles. The van der Waals surface area contributed by atoms with Gasteiger partial charge in [0.15, 0.2) is 5.13 Å². The van der Waals surface area contributed by atoms with E-state index >= 15 is 0 Å². The summed E-state index contributed by atoms with van der Waals surface area (Å²) in [5, 5.41) is 8.24. The summed E-state index contributed by atoms with van der Waals surface area (Å²) in [6.07, 6.45) is 9.87. The van der Waals surface area contributed by atoms with Gasteiger partial charge in [-0.1, -0.05) is 25.7 Å². The first-order valence-corrected chi connectivity index (χ1v) is 8.60. The number of urea groups is 1. The number of thiazole rings is 1. The van der Waals surface area contributed by atoms with E-state index < -0.39 is 0 Å². The number of aromatic nitrogens is 2. The van der Waals surface area contributed by atoms with E-state index in [-0.39, 0.29) is 6.03 Å². The van der Waals surface area contributed by atoms with Crippen LogP contribution in [0, 0.1) is 5.92 Å². The van der Waals surface area contributed by atoms with Crippen molar-refractivity contribution in [2.75, 3.05) is 11.9 Å². The Morgan fingerprint density at radius 1 is 1.36 bits per heavy atom. The van der Waals surface area contributed by atoms with E-state index in [0.29, 0.717) is 5.13 Å². The van der Waals surface area contributed by atoms with Gasteiger partial charge in [-0.05, 0) is 24.5 Å². The summed E-state index contributed by atoms with van der Waals surface area (Å²) in [5.41, 5.74) is 1.78. The highest BCUT2D eigenvalue weighted by Gasteiger charge is 2.15. The number of nitrogens with zero attached hydrogens (tertiary/aromatic N) is 2. The number of anilines is 1. The van der Waals surface area contributed by atoms with Gasteiger partial charge in [0.2, 0.25) is 0 Å². The van der Waals surface area contributed by atoms with Gasteiger partial charge in [0.05, 0.1) is 5.69 Å². The van der Waals surface area contributed by atoms with Crippen molar-refractivity contribution in [1.82, 2.24) is 15.3 Å². The summed E-state index contributed by atoms with van der Waals surface area (Å²) >= 11 is 1.42. The molecule has 0 aromatic carbocycles. The molecule has 22 heavy (non-hydrogen) atoms. The zero-order chi connectivity index (χ0) is 15.2. The largest absolute Gasteiger partial charge is 0.338 e. The van der Waals surface area contributed by atoms with E-state index in [4.69, 9.17) is 0 Å². The molecule has 2 amide bonds. The van der Waals surface area contributed by atoms with Gasteiger partial charge in [0.1, 0.15) is 0 Å². The topological polar surface area (TPSA) is 66.9 Å². The van der Waals surface area contributed by atoms with Crippen molar-refractivity contribution in [1.29, 1.82) is 0 Å². The maximum absolute atomic E-state index is 11.9. The first-order valence-electron chi connectivity index (χ1n) is 7.72. The molecule has 5 nitrogen and oxygen atoms in total. The fraction of sp³-hybridized carbons (Fsp3) is 0.438. The second-order valence-corrected chi connectivity index (χ2v) is 6.46. The predicted octanol–water partition coefficient (Wildman–Crippen LogP) is 3.91. The van der Waals surface area contributed by atoms with Gasteiger partial charge in [0, 0.05) is 29.9 Å². The first kappa shape index (κ1) is 15.0. The van der Waals surface area contributed by atoms with E-state index in [9.17, 15) is 4.79 Å². The minimum Gasteiger partial charge on any atom is -0.338 e. The summed E-state index contributed by atoms with van der Waals surface area (Å²) in [6, 6.07) is 3.65. The molecule has 2 aromatic heterocycles. The minimum atomic E-state index is -0.176. The van der Waals surface area contributed by atoms with Crippen LogP contribution >= 0.6 is 11.3 Å². The normalized spacial score (nSPS) is 14.9. The number of nitrogens with one attached hydrogen (secondary N) is 2. The molecule has 2 aromatic rings. The van der Waals surface area contributed by atoms with Crippen molar-refractivity contribution >= 4 is 22.5 Å². The molecule has 1 saturated carbocycles. The van der Waals surface area contributed by atoms with Crippen LogP contribution in [-0.2, 0) is 0 Å². The lowest BCUT2D eigenvalue weighted by molar-refractivity contribution is 0.251. The predicted molar refractivity (Wildman–Crippen MR) is 88.9 cm³/mol. The lowest BCUT2D eigenvalue weighted by Crippen LogP contribution is -2.30. The Kier molecular flexibility index (Phi) is 5.00. The summed E-state index contributed by atoms with van der Waals surface area (Å²) in [4.78, 5) is 20.4. The van der Waals surface area contributed by atoms with Gasteiger partial charge in [-0.15, -0.1) is 11.3 Å². The smallest absolute Gasteiger partial charge is 0.321 e. The molecule has 0 aliphatic heterocycles. The molecular formula is C16H20N4OS. The molecule has 1 aliphatic rings. The van der Waals surface area contributed by atoms with Crippen molar-refractivity contribution in [3.8, 4) is 11.3 Å². The average molecular weight is 316 g/mol. The standard InChI is InChI=1S/C16H20N4OS/c21-15(18-9-7-12-4-1-2-5-12)20-16-19-14(11-22-16)13-6-3-8-17-10-13/h3,6,8,10-12H,1-2,4-5,7,9H2,(H2,18,19,20,21). The SMILES string of the molecule is O=C(NCCC1CCCC1)Nc1nc(-c2cccnc2)cs1. The van der Waals surface area contributed by atoms with Gasteiger partial charge in [-0.3, -0.25) is 10.3 Å². The van der Waals surface area contributed by atoms with E-state index in [1.54, 1.807) is 12.4 Å². The van der Waals surface area contributed by atoms with Crippen LogP contribution < -0.4 is 10.6 Å². The molecule has 2 heterocycles. The third-order valence-corrected chi connectivity index (χ3v) is 4.75. The van der Waals surface area contributed by atoms with Gasteiger partial charge in [-0.25, -0.2) is 9.78 Å². The van der Waals surface area contributed by atoms with Crippen LogP contribution in [0.25, 0.3) is 11.3 Å². The van der Waals surface area contributed by atoms with Crippen molar-refractivity contribution in [3.63, 3.8) is 0 Å². The molecule has 2 N–H and O–H groups in total. The highest BCUT2D eigenvalue weighted by molar-refractivity contribution is 7.14. The minimum absolute atomic E-state index is 0.176. The zero-order valence-corrected chi connectivity index (χ0v) is 13.2. The lowest BCUT2D eigenvalue weighted by atomic mass is 10.0. The Morgan fingerprint density at radius 3 is 3.00 bits per heavy atom. The molecule has 3 rings (SSSR count). The van der Waals surface area contributed by atoms with Gasteiger partial charge in [0.25, 0.3) is 0 Å². The quantitative estimate of drug-likeness (QED) is 0.879. The summed E-state index contributed by atoms with van der Waals surface area (Å²) < 4.78 is 0. The lowest BCUT2D eigenvalue weighted by Gasteiger charge is -2.09. The Bertz CT molecular complexity index is 608. The van der Waals surface area contributed by atoms with Crippen LogP contribution in [0.1, 0.15) is 32.1 Å². The molecule has 0 bridgehead atoms. The van der Waals surface area contributed by atoms with Crippen LogP contribution in [0.4, 0.5) is 9.93 Å².